The second-order valence-corrected chi connectivity index (χ2v) is 4.49. The highest BCUT2D eigenvalue weighted by molar-refractivity contribution is 6.30. The standard InChI is InChI=1S/C13H13ClO3/c1-17-12-5-4-9(14)6-11(12)10(7-13(15)16)8-2-3-8/h4-8H,2-3H2,1H3,(H,15,16)/b10-7+. The first-order valence-electron chi connectivity index (χ1n) is 5.40. The van der Waals surface area contributed by atoms with Gasteiger partial charge >= 0.3 is 5.97 Å². The molecule has 1 aliphatic rings. The number of rotatable bonds is 4. The summed E-state index contributed by atoms with van der Waals surface area (Å²) >= 11 is 5.95. The van der Waals surface area contributed by atoms with Crippen molar-refractivity contribution in [3.05, 3.63) is 34.9 Å². The fourth-order valence-electron chi connectivity index (χ4n) is 1.85. The molecule has 0 heterocycles. The third kappa shape index (κ3) is 2.80. The topological polar surface area (TPSA) is 46.5 Å². The number of aliphatic carboxylic acids is 1. The molecule has 1 aromatic carbocycles. The molecule has 0 amide bonds. The lowest BCUT2D eigenvalue weighted by atomic mass is 10.00. The average Bonchev–Trinajstić information content (AvgIpc) is 3.09. The van der Waals surface area contributed by atoms with Crippen LogP contribution >= 0.6 is 11.6 Å². The van der Waals surface area contributed by atoms with Gasteiger partial charge in [-0.05, 0) is 42.5 Å². The van der Waals surface area contributed by atoms with Crippen LogP contribution in [0, 0.1) is 5.92 Å². The molecule has 1 saturated carbocycles. The molecule has 0 spiro atoms. The van der Waals surface area contributed by atoms with Crippen LogP contribution < -0.4 is 4.74 Å². The first kappa shape index (κ1) is 12.0. The summed E-state index contributed by atoms with van der Waals surface area (Å²) in [5.74, 6) is 0.0428. The third-order valence-electron chi connectivity index (χ3n) is 2.77. The van der Waals surface area contributed by atoms with Crippen molar-refractivity contribution in [2.45, 2.75) is 12.8 Å². The van der Waals surface area contributed by atoms with Crippen LogP contribution in [0.25, 0.3) is 5.57 Å². The fraction of sp³-hybridized carbons (Fsp3) is 0.308. The van der Waals surface area contributed by atoms with Gasteiger partial charge in [-0.3, -0.25) is 0 Å². The summed E-state index contributed by atoms with van der Waals surface area (Å²) in [5.41, 5.74) is 1.58. The maximum Gasteiger partial charge on any atom is 0.328 e. The summed E-state index contributed by atoms with van der Waals surface area (Å²) in [6.07, 6.45) is 3.30. The van der Waals surface area contributed by atoms with E-state index >= 15 is 0 Å². The molecule has 0 aliphatic heterocycles. The molecule has 90 valence electrons. The number of carboxylic acids is 1. The van der Waals surface area contributed by atoms with E-state index < -0.39 is 5.97 Å². The fourth-order valence-corrected chi connectivity index (χ4v) is 2.02. The first-order chi connectivity index (χ1) is 8.11. The molecule has 2 rings (SSSR count). The summed E-state index contributed by atoms with van der Waals surface area (Å²) in [4.78, 5) is 10.8. The molecule has 1 aliphatic carbocycles. The largest absolute Gasteiger partial charge is 0.496 e. The van der Waals surface area contributed by atoms with E-state index in [0.29, 0.717) is 16.7 Å². The molecule has 0 radical (unpaired) electrons. The summed E-state index contributed by atoms with van der Waals surface area (Å²) in [6.45, 7) is 0. The van der Waals surface area contributed by atoms with Crippen LogP contribution in [0.5, 0.6) is 5.75 Å². The zero-order valence-electron chi connectivity index (χ0n) is 9.44. The summed E-state index contributed by atoms with van der Waals surface area (Å²) < 4.78 is 5.25. The Balaban J connectivity index is 2.48. The van der Waals surface area contributed by atoms with Crippen LogP contribution in [-0.2, 0) is 4.79 Å². The van der Waals surface area contributed by atoms with Gasteiger partial charge in [0, 0.05) is 16.7 Å². The number of carbonyl (C=O) groups is 1. The lowest BCUT2D eigenvalue weighted by Gasteiger charge is -2.11. The van der Waals surface area contributed by atoms with Crippen LogP contribution in [0.1, 0.15) is 18.4 Å². The van der Waals surface area contributed by atoms with Crippen molar-refractivity contribution in [2.75, 3.05) is 7.11 Å². The van der Waals surface area contributed by atoms with Gasteiger partial charge in [0.05, 0.1) is 7.11 Å². The van der Waals surface area contributed by atoms with Crippen molar-refractivity contribution in [3.63, 3.8) is 0 Å². The van der Waals surface area contributed by atoms with Gasteiger partial charge in [-0.2, -0.15) is 0 Å². The molecule has 0 saturated heterocycles. The van der Waals surface area contributed by atoms with E-state index in [-0.39, 0.29) is 0 Å². The maximum absolute atomic E-state index is 10.8. The molecular formula is C13H13ClO3. The molecule has 0 unspecified atom stereocenters. The Kier molecular flexibility index (Phi) is 3.38. The van der Waals surface area contributed by atoms with Crippen LogP contribution in [0.4, 0.5) is 0 Å². The molecule has 1 aromatic rings. The number of methoxy groups -OCH3 is 1. The van der Waals surface area contributed by atoms with E-state index in [4.69, 9.17) is 21.4 Å². The molecule has 4 heteroatoms. The third-order valence-corrected chi connectivity index (χ3v) is 3.00. The summed E-state index contributed by atoms with van der Waals surface area (Å²) in [7, 11) is 1.57. The average molecular weight is 253 g/mol. The lowest BCUT2D eigenvalue weighted by molar-refractivity contribution is -0.131. The summed E-state index contributed by atoms with van der Waals surface area (Å²) in [5, 5.41) is 9.49. The number of allylic oxidation sites excluding steroid dienone is 1. The Labute approximate surface area is 105 Å². The molecule has 0 bridgehead atoms. The highest BCUT2D eigenvalue weighted by Gasteiger charge is 2.29. The van der Waals surface area contributed by atoms with Crippen LogP contribution in [0.3, 0.4) is 0 Å². The van der Waals surface area contributed by atoms with Gasteiger partial charge in [0.2, 0.25) is 0 Å². The summed E-state index contributed by atoms with van der Waals surface area (Å²) in [6, 6.07) is 5.25. The second kappa shape index (κ2) is 4.80. The zero-order chi connectivity index (χ0) is 12.4. The number of hydrogen-bond donors (Lipinski definition) is 1. The molecule has 3 nitrogen and oxygen atoms in total. The van der Waals surface area contributed by atoms with E-state index in [2.05, 4.69) is 0 Å². The number of halogens is 1. The molecule has 0 aromatic heterocycles. The zero-order valence-corrected chi connectivity index (χ0v) is 10.2. The monoisotopic (exact) mass is 252 g/mol. The normalized spacial score (nSPS) is 15.8. The van der Waals surface area contributed by atoms with E-state index in [1.54, 1.807) is 25.3 Å². The number of carboxylic acid groups (broad SMARTS) is 1. The highest BCUT2D eigenvalue weighted by atomic mass is 35.5. The Morgan fingerprint density at radius 2 is 2.24 bits per heavy atom. The minimum Gasteiger partial charge on any atom is -0.496 e. The molecule has 17 heavy (non-hydrogen) atoms. The van der Waals surface area contributed by atoms with E-state index in [1.165, 1.54) is 6.08 Å². The predicted molar refractivity (Wildman–Crippen MR) is 66.3 cm³/mol. The minimum absolute atomic E-state index is 0.318. The van der Waals surface area contributed by atoms with Crippen molar-refractivity contribution >= 4 is 23.1 Å². The molecular weight excluding hydrogens is 240 g/mol. The van der Waals surface area contributed by atoms with Crippen LogP contribution in [0.2, 0.25) is 5.02 Å². The predicted octanol–water partition coefficient (Wildman–Crippen LogP) is 3.23. The molecule has 1 fully saturated rings. The molecule has 0 atom stereocenters. The van der Waals surface area contributed by atoms with Gasteiger partial charge in [0.1, 0.15) is 5.75 Å². The highest BCUT2D eigenvalue weighted by Crippen LogP contribution is 2.45. The van der Waals surface area contributed by atoms with Gasteiger partial charge in [-0.15, -0.1) is 0 Å². The van der Waals surface area contributed by atoms with Crippen molar-refractivity contribution in [3.8, 4) is 5.75 Å². The van der Waals surface area contributed by atoms with Crippen LogP contribution in [-0.4, -0.2) is 18.2 Å². The maximum atomic E-state index is 10.8. The second-order valence-electron chi connectivity index (χ2n) is 4.06. The first-order valence-corrected chi connectivity index (χ1v) is 5.78. The number of ether oxygens (including phenoxy) is 1. The van der Waals surface area contributed by atoms with Gasteiger partial charge < -0.3 is 9.84 Å². The van der Waals surface area contributed by atoms with Crippen LogP contribution in [0.15, 0.2) is 24.3 Å². The Morgan fingerprint density at radius 3 is 2.76 bits per heavy atom. The smallest absolute Gasteiger partial charge is 0.328 e. The van der Waals surface area contributed by atoms with E-state index in [9.17, 15) is 4.79 Å². The molecule has 1 N–H and O–H groups in total. The van der Waals surface area contributed by atoms with Gasteiger partial charge in [0.15, 0.2) is 0 Å². The van der Waals surface area contributed by atoms with Crippen molar-refractivity contribution < 1.29 is 14.6 Å². The lowest BCUT2D eigenvalue weighted by Crippen LogP contribution is -1.97. The van der Waals surface area contributed by atoms with E-state index in [0.717, 1.165) is 24.0 Å². The Bertz CT molecular complexity index is 476. The minimum atomic E-state index is -0.936. The Morgan fingerprint density at radius 1 is 1.53 bits per heavy atom. The SMILES string of the molecule is COc1ccc(Cl)cc1/C(=C/C(=O)O)C1CC1. The van der Waals surface area contributed by atoms with Crippen molar-refractivity contribution in [1.29, 1.82) is 0 Å². The van der Waals surface area contributed by atoms with Gasteiger partial charge in [-0.1, -0.05) is 11.6 Å². The van der Waals surface area contributed by atoms with Crippen molar-refractivity contribution in [1.82, 2.24) is 0 Å². The Hall–Kier alpha value is -1.48. The number of hydrogen-bond acceptors (Lipinski definition) is 2. The quantitative estimate of drug-likeness (QED) is 0.837. The van der Waals surface area contributed by atoms with Gasteiger partial charge in [0.25, 0.3) is 0 Å². The number of benzene rings is 1. The van der Waals surface area contributed by atoms with Gasteiger partial charge in [-0.25, -0.2) is 4.79 Å². The van der Waals surface area contributed by atoms with E-state index in [1.807, 2.05) is 0 Å². The van der Waals surface area contributed by atoms with Crippen molar-refractivity contribution in [2.24, 2.45) is 5.92 Å².